The molecule has 1 aromatic heterocycles. The Balaban J connectivity index is 2.12. The average Bonchev–Trinajstić information content (AvgIpc) is 2.68. The van der Waals surface area contributed by atoms with Crippen LogP contribution < -0.4 is 4.31 Å². The number of aromatic nitrogens is 1. The van der Waals surface area contributed by atoms with Crippen LogP contribution >= 0.6 is 11.6 Å². The molecule has 1 heterocycles. The molecule has 3 rings (SSSR count). The molecule has 152 valence electrons. The first-order valence-electron chi connectivity index (χ1n) is 8.14. The second-order valence-electron chi connectivity index (χ2n) is 5.98. The van der Waals surface area contributed by atoms with E-state index in [1.165, 1.54) is 36.4 Å². The van der Waals surface area contributed by atoms with Crippen LogP contribution in [0.3, 0.4) is 0 Å². The van der Waals surface area contributed by atoms with Crippen molar-refractivity contribution in [2.24, 2.45) is 0 Å². The molecule has 29 heavy (non-hydrogen) atoms. The highest BCUT2D eigenvalue weighted by molar-refractivity contribution is 7.92. The fourth-order valence-electron chi connectivity index (χ4n) is 2.52. The van der Waals surface area contributed by atoms with Gasteiger partial charge in [-0.2, -0.15) is 13.2 Å². The summed E-state index contributed by atoms with van der Waals surface area (Å²) >= 11 is 5.99. The molecule has 0 saturated heterocycles. The summed E-state index contributed by atoms with van der Waals surface area (Å²) in [6, 6.07) is 12.9. The maximum absolute atomic E-state index is 13.2. The molecule has 0 N–H and O–H groups in total. The van der Waals surface area contributed by atoms with Gasteiger partial charge in [-0.3, -0.25) is 0 Å². The van der Waals surface area contributed by atoms with E-state index in [0.29, 0.717) is 17.8 Å². The monoisotopic (exact) mass is 444 g/mol. The summed E-state index contributed by atoms with van der Waals surface area (Å²) in [5.74, 6) is -0.884. The molecule has 0 atom stereocenters. The summed E-state index contributed by atoms with van der Waals surface area (Å²) in [7, 11) is -4.22. The number of sulfonamides is 1. The zero-order valence-electron chi connectivity index (χ0n) is 14.6. The lowest BCUT2D eigenvalue weighted by molar-refractivity contribution is -0.137. The Morgan fingerprint density at radius 1 is 1.00 bits per heavy atom. The number of anilines is 1. The molecule has 4 nitrogen and oxygen atoms in total. The highest BCUT2D eigenvalue weighted by atomic mass is 35.5. The first-order chi connectivity index (χ1) is 13.6. The fourth-order valence-corrected chi connectivity index (χ4v) is 4.28. The minimum Gasteiger partial charge on any atom is -0.244 e. The number of hydrogen-bond acceptors (Lipinski definition) is 3. The summed E-state index contributed by atoms with van der Waals surface area (Å²) < 4.78 is 79.1. The van der Waals surface area contributed by atoms with Crippen LogP contribution in [0.2, 0.25) is 5.02 Å². The second kappa shape index (κ2) is 8.00. The van der Waals surface area contributed by atoms with Gasteiger partial charge in [0.2, 0.25) is 0 Å². The number of nitrogens with zero attached hydrogens (tertiary/aromatic N) is 2. The maximum atomic E-state index is 13.2. The molecule has 0 aliphatic carbocycles. The quantitative estimate of drug-likeness (QED) is 0.502. The Hall–Kier alpha value is -2.65. The van der Waals surface area contributed by atoms with Gasteiger partial charge in [-0.1, -0.05) is 41.9 Å². The lowest BCUT2D eigenvalue weighted by Crippen LogP contribution is -2.31. The van der Waals surface area contributed by atoms with Crippen LogP contribution in [-0.2, 0) is 22.7 Å². The van der Waals surface area contributed by atoms with Crippen LogP contribution in [0.1, 0.15) is 11.1 Å². The Labute approximate surface area is 169 Å². The normalized spacial score (nSPS) is 12.0. The van der Waals surface area contributed by atoms with E-state index in [2.05, 4.69) is 4.98 Å². The number of alkyl halides is 3. The van der Waals surface area contributed by atoms with Crippen molar-refractivity contribution in [1.82, 2.24) is 4.98 Å². The van der Waals surface area contributed by atoms with Gasteiger partial charge in [-0.05, 0) is 35.9 Å². The zero-order valence-corrected chi connectivity index (χ0v) is 16.1. The van der Waals surface area contributed by atoms with Crippen molar-refractivity contribution in [3.8, 4) is 0 Å². The lowest BCUT2D eigenvalue weighted by atomic mass is 10.2. The van der Waals surface area contributed by atoms with Crippen molar-refractivity contribution in [3.05, 3.63) is 88.8 Å². The third-order valence-electron chi connectivity index (χ3n) is 3.96. The van der Waals surface area contributed by atoms with Crippen LogP contribution in [0, 0.1) is 5.82 Å². The van der Waals surface area contributed by atoms with Gasteiger partial charge in [0.05, 0.1) is 22.0 Å². The van der Waals surface area contributed by atoms with Crippen LogP contribution in [0.15, 0.2) is 71.8 Å². The van der Waals surface area contributed by atoms with E-state index in [-0.39, 0.29) is 17.3 Å². The molecule has 0 saturated carbocycles. The van der Waals surface area contributed by atoms with Crippen molar-refractivity contribution in [3.63, 3.8) is 0 Å². The molecule has 0 amide bonds. The van der Waals surface area contributed by atoms with E-state index in [1.807, 2.05) is 0 Å². The molecular weight excluding hydrogens is 432 g/mol. The molecule has 0 fully saturated rings. The van der Waals surface area contributed by atoms with Crippen LogP contribution in [0.4, 0.5) is 23.4 Å². The third kappa shape index (κ3) is 4.68. The highest BCUT2D eigenvalue weighted by Crippen LogP contribution is 2.35. The van der Waals surface area contributed by atoms with Gasteiger partial charge < -0.3 is 0 Å². The van der Waals surface area contributed by atoms with Gasteiger partial charge >= 0.3 is 6.18 Å². The molecular formula is C19H13ClF4N2O2S. The number of pyridine rings is 1. The van der Waals surface area contributed by atoms with Gasteiger partial charge in [0, 0.05) is 6.20 Å². The van der Waals surface area contributed by atoms with Crippen molar-refractivity contribution in [2.45, 2.75) is 17.6 Å². The molecule has 0 aliphatic heterocycles. The molecule has 0 unspecified atom stereocenters. The molecule has 0 spiro atoms. The number of hydrogen-bond donors (Lipinski definition) is 0. The number of rotatable bonds is 5. The molecule has 10 heteroatoms. The number of benzene rings is 2. The van der Waals surface area contributed by atoms with Gasteiger partial charge in [0.25, 0.3) is 10.0 Å². The molecule has 0 bridgehead atoms. The van der Waals surface area contributed by atoms with Crippen LogP contribution in [-0.4, -0.2) is 13.4 Å². The van der Waals surface area contributed by atoms with Crippen LogP contribution in [0.5, 0.6) is 0 Å². The van der Waals surface area contributed by atoms with Crippen LogP contribution in [0.25, 0.3) is 0 Å². The third-order valence-corrected chi connectivity index (χ3v) is 5.98. The van der Waals surface area contributed by atoms with Gasteiger partial charge in [0.1, 0.15) is 5.82 Å². The molecule has 0 radical (unpaired) electrons. The Bertz CT molecular complexity index is 1110. The molecule has 0 aliphatic rings. The largest absolute Gasteiger partial charge is 0.417 e. The number of halogens is 5. The Morgan fingerprint density at radius 2 is 1.62 bits per heavy atom. The van der Waals surface area contributed by atoms with E-state index in [1.54, 1.807) is 6.07 Å². The predicted molar refractivity (Wildman–Crippen MR) is 100 cm³/mol. The molecule has 2 aromatic carbocycles. The Kier molecular flexibility index (Phi) is 5.81. The first kappa shape index (κ1) is 21.1. The van der Waals surface area contributed by atoms with Crippen molar-refractivity contribution in [1.29, 1.82) is 0 Å². The summed E-state index contributed by atoms with van der Waals surface area (Å²) in [4.78, 5) is 3.57. The first-order valence-corrected chi connectivity index (χ1v) is 9.96. The minimum absolute atomic E-state index is 0.0973. The molecule has 3 aromatic rings. The lowest BCUT2D eigenvalue weighted by Gasteiger charge is -2.25. The highest BCUT2D eigenvalue weighted by Gasteiger charge is 2.34. The summed E-state index contributed by atoms with van der Waals surface area (Å²) in [6.07, 6.45) is -4.17. The smallest absolute Gasteiger partial charge is 0.244 e. The van der Waals surface area contributed by atoms with Crippen molar-refractivity contribution >= 4 is 27.4 Å². The topological polar surface area (TPSA) is 50.3 Å². The standard InChI is InChI=1S/C19H13ClF4N2O2S/c20-17-10-14(19(22,23)24)11-25-18(17)26(12-13-6-8-15(21)9-7-13)29(27,28)16-4-2-1-3-5-16/h1-11H,12H2. The summed E-state index contributed by atoms with van der Waals surface area (Å²) in [5, 5.41) is -0.485. The van der Waals surface area contributed by atoms with Crippen molar-refractivity contribution < 1.29 is 26.0 Å². The average molecular weight is 445 g/mol. The van der Waals surface area contributed by atoms with E-state index < -0.39 is 32.6 Å². The Morgan fingerprint density at radius 3 is 2.17 bits per heavy atom. The van der Waals surface area contributed by atoms with E-state index in [0.717, 1.165) is 16.4 Å². The second-order valence-corrected chi connectivity index (χ2v) is 8.25. The van der Waals surface area contributed by atoms with Gasteiger partial charge in [-0.25, -0.2) is 22.1 Å². The van der Waals surface area contributed by atoms with Gasteiger partial charge in [-0.15, -0.1) is 0 Å². The fraction of sp³-hybridized carbons (Fsp3) is 0.105. The van der Waals surface area contributed by atoms with Gasteiger partial charge in [0.15, 0.2) is 5.82 Å². The van der Waals surface area contributed by atoms with Crippen molar-refractivity contribution in [2.75, 3.05) is 4.31 Å². The zero-order chi connectivity index (χ0) is 21.2. The van der Waals surface area contributed by atoms with E-state index in [9.17, 15) is 26.0 Å². The van der Waals surface area contributed by atoms with E-state index in [4.69, 9.17) is 11.6 Å². The predicted octanol–water partition coefficient (Wildman–Crippen LogP) is 5.29. The SMILES string of the molecule is O=S(=O)(c1ccccc1)N(Cc1ccc(F)cc1)c1ncc(C(F)(F)F)cc1Cl. The maximum Gasteiger partial charge on any atom is 0.417 e. The van der Waals surface area contributed by atoms with E-state index >= 15 is 0 Å². The summed E-state index contributed by atoms with van der Waals surface area (Å²) in [6.45, 7) is -0.310. The summed E-state index contributed by atoms with van der Waals surface area (Å²) in [5.41, 5.74) is -0.714. The minimum atomic E-state index is -4.69.